The minimum Gasteiger partial charge on any atom is -0.0625 e. The third kappa shape index (κ3) is 3.96. The Bertz CT molecular complexity index is 532. The van der Waals surface area contributed by atoms with E-state index in [9.17, 15) is 0 Å². The van der Waals surface area contributed by atoms with Gasteiger partial charge in [0.05, 0.1) is 0 Å². The Labute approximate surface area is 123 Å². The second-order valence-corrected chi connectivity index (χ2v) is 6.55. The van der Waals surface area contributed by atoms with E-state index in [0.717, 1.165) is 12.8 Å². The molecule has 0 unspecified atom stereocenters. The standard InChI is InChI=1S/C20H26/c1-15(2)13-17-9-11-18(12-10-17)20-8-6-5-7-19(20)14-16(3)4/h5-12,15-16H,13-14H2,1-4H3. The van der Waals surface area contributed by atoms with E-state index >= 15 is 0 Å². The SMILES string of the molecule is CC(C)Cc1ccc(-c2ccccc2CC(C)C)cc1. The Morgan fingerprint density at radius 2 is 1.30 bits per heavy atom. The van der Waals surface area contributed by atoms with Crippen LogP contribution in [0.2, 0.25) is 0 Å². The summed E-state index contributed by atoms with van der Waals surface area (Å²) < 4.78 is 0. The van der Waals surface area contributed by atoms with E-state index in [-0.39, 0.29) is 0 Å². The highest BCUT2D eigenvalue weighted by Gasteiger charge is 2.06. The van der Waals surface area contributed by atoms with Gasteiger partial charge in [0.15, 0.2) is 0 Å². The summed E-state index contributed by atoms with van der Waals surface area (Å²) in [5, 5.41) is 0. The predicted octanol–water partition coefficient (Wildman–Crippen LogP) is 5.75. The van der Waals surface area contributed by atoms with Gasteiger partial charge in [0.25, 0.3) is 0 Å². The third-order valence-electron chi connectivity index (χ3n) is 3.55. The van der Waals surface area contributed by atoms with Crippen LogP contribution in [0.4, 0.5) is 0 Å². The lowest BCUT2D eigenvalue weighted by atomic mass is 9.92. The highest BCUT2D eigenvalue weighted by Crippen LogP contribution is 2.26. The molecule has 2 aromatic rings. The second kappa shape index (κ2) is 6.74. The summed E-state index contributed by atoms with van der Waals surface area (Å²) in [5.41, 5.74) is 5.62. The Balaban J connectivity index is 2.27. The molecule has 0 saturated carbocycles. The van der Waals surface area contributed by atoms with Gasteiger partial charge in [0.2, 0.25) is 0 Å². The zero-order valence-corrected chi connectivity index (χ0v) is 13.2. The predicted molar refractivity (Wildman–Crippen MR) is 89.0 cm³/mol. The first-order chi connectivity index (χ1) is 9.56. The fourth-order valence-electron chi connectivity index (χ4n) is 2.71. The summed E-state index contributed by atoms with van der Waals surface area (Å²) in [5.74, 6) is 1.41. The molecule has 0 heterocycles. The van der Waals surface area contributed by atoms with Crippen molar-refractivity contribution in [1.82, 2.24) is 0 Å². The fraction of sp³-hybridized carbons (Fsp3) is 0.400. The van der Waals surface area contributed by atoms with Gasteiger partial charge in [-0.05, 0) is 46.9 Å². The summed E-state index contributed by atoms with van der Waals surface area (Å²) in [6.45, 7) is 9.10. The van der Waals surface area contributed by atoms with Crippen LogP contribution in [-0.4, -0.2) is 0 Å². The van der Waals surface area contributed by atoms with E-state index in [2.05, 4.69) is 76.2 Å². The molecule has 20 heavy (non-hydrogen) atoms. The molecular weight excluding hydrogens is 240 g/mol. The van der Waals surface area contributed by atoms with E-state index < -0.39 is 0 Å². The van der Waals surface area contributed by atoms with E-state index in [0.29, 0.717) is 11.8 Å². The summed E-state index contributed by atoms with van der Waals surface area (Å²) in [6.07, 6.45) is 2.30. The monoisotopic (exact) mass is 266 g/mol. The topological polar surface area (TPSA) is 0 Å². The molecule has 0 nitrogen and oxygen atoms in total. The number of hydrogen-bond donors (Lipinski definition) is 0. The first-order valence-corrected chi connectivity index (χ1v) is 7.73. The van der Waals surface area contributed by atoms with E-state index in [1.165, 1.54) is 22.3 Å². The highest BCUT2D eigenvalue weighted by molar-refractivity contribution is 5.67. The van der Waals surface area contributed by atoms with Crippen molar-refractivity contribution in [1.29, 1.82) is 0 Å². The van der Waals surface area contributed by atoms with Gasteiger partial charge in [-0.3, -0.25) is 0 Å². The van der Waals surface area contributed by atoms with Crippen molar-refractivity contribution in [2.75, 3.05) is 0 Å². The molecular formula is C20H26. The molecule has 0 radical (unpaired) electrons. The fourth-order valence-corrected chi connectivity index (χ4v) is 2.71. The van der Waals surface area contributed by atoms with Crippen LogP contribution >= 0.6 is 0 Å². The van der Waals surface area contributed by atoms with Crippen LogP contribution in [-0.2, 0) is 12.8 Å². The lowest BCUT2D eigenvalue weighted by Gasteiger charge is -2.12. The summed E-state index contributed by atoms with van der Waals surface area (Å²) >= 11 is 0. The van der Waals surface area contributed by atoms with Crippen molar-refractivity contribution in [2.45, 2.75) is 40.5 Å². The Morgan fingerprint density at radius 3 is 1.90 bits per heavy atom. The minimum atomic E-state index is 0.691. The molecule has 0 fully saturated rings. The van der Waals surface area contributed by atoms with Crippen molar-refractivity contribution >= 4 is 0 Å². The maximum atomic E-state index is 2.28. The quantitative estimate of drug-likeness (QED) is 0.646. The maximum absolute atomic E-state index is 2.28. The molecule has 2 rings (SSSR count). The third-order valence-corrected chi connectivity index (χ3v) is 3.55. The molecule has 0 aliphatic heterocycles. The molecule has 0 amide bonds. The first kappa shape index (κ1) is 14.8. The zero-order valence-electron chi connectivity index (χ0n) is 13.2. The van der Waals surface area contributed by atoms with E-state index in [1.54, 1.807) is 0 Å². The van der Waals surface area contributed by atoms with Crippen LogP contribution in [0.15, 0.2) is 48.5 Å². The number of benzene rings is 2. The van der Waals surface area contributed by atoms with Gasteiger partial charge in [0.1, 0.15) is 0 Å². The van der Waals surface area contributed by atoms with Gasteiger partial charge in [0, 0.05) is 0 Å². The van der Waals surface area contributed by atoms with E-state index in [4.69, 9.17) is 0 Å². The molecule has 0 heteroatoms. The average Bonchev–Trinajstić information content (AvgIpc) is 2.39. The molecule has 0 atom stereocenters. The molecule has 0 N–H and O–H groups in total. The van der Waals surface area contributed by atoms with Crippen molar-refractivity contribution < 1.29 is 0 Å². The second-order valence-electron chi connectivity index (χ2n) is 6.55. The molecule has 0 bridgehead atoms. The lowest BCUT2D eigenvalue weighted by Crippen LogP contribution is -1.97. The van der Waals surface area contributed by atoms with Gasteiger partial charge in [-0.15, -0.1) is 0 Å². The summed E-state index contributed by atoms with van der Waals surface area (Å²) in [4.78, 5) is 0. The van der Waals surface area contributed by atoms with Crippen LogP contribution < -0.4 is 0 Å². The van der Waals surface area contributed by atoms with Gasteiger partial charge in [-0.1, -0.05) is 76.2 Å². The van der Waals surface area contributed by atoms with Crippen molar-refractivity contribution in [3.63, 3.8) is 0 Å². The van der Waals surface area contributed by atoms with Crippen molar-refractivity contribution in [3.05, 3.63) is 59.7 Å². The Morgan fingerprint density at radius 1 is 0.700 bits per heavy atom. The molecule has 0 saturated heterocycles. The smallest absolute Gasteiger partial charge is 0.0152 e. The first-order valence-electron chi connectivity index (χ1n) is 7.73. The normalized spacial score (nSPS) is 11.3. The summed E-state index contributed by atoms with van der Waals surface area (Å²) in [6, 6.07) is 17.9. The van der Waals surface area contributed by atoms with E-state index in [1.807, 2.05) is 0 Å². The van der Waals surface area contributed by atoms with Crippen molar-refractivity contribution in [3.8, 4) is 11.1 Å². The number of rotatable bonds is 5. The molecule has 2 aromatic carbocycles. The summed E-state index contributed by atoms with van der Waals surface area (Å²) in [7, 11) is 0. The van der Waals surface area contributed by atoms with Gasteiger partial charge in [-0.25, -0.2) is 0 Å². The zero-order chi connectivity index (χ0) is 14.5. The largest absolute Gasteiger partial charge is 0.0625 e. The molecule has 0 aliphatic carbocycles. The van der Waals surface area contributed by atoms with Crippen LogP contribution in [0.25, 0.3) is 11.1 Å². The van der Waals surface area contributed by atoms with Crippen molar-refractivity contribution in [2.24, 2.45) is 11.8 Å². The number of hydrogen-bond acceptors (Lipinski definition) is 0. The van der Waals surface area contributed by atoms with Gasteiger partial charge < -0.3 is 0 Å². The van der Waals surface area contributed by atoms with Crippen LogP contribution in [0.5, 0.6) is 0 Å². The minimum absolute atomic E-state index is 0.691. The average molecular weight is 266 g/mol. The highest BCUT2D eigenvalue weighted by atomic mass is 14.1. The van der Waals surface area contributed by atoms with Gasteiger partial charge in [-0.2, -0.15) is 0 Å². The Kier molecular flexibility index (Phi) is 5.00. The lowest BCUT2D eigenvalue weighted by molar-refractivity contribution is 0.647. The van der Waals surface area contributed by atoms with Gasteiger partial charge >= 0.3 is 0 Å². The molecule has 0 aromatic heterocycles. The van der Waals surface area contributed by atoms with Crippen LogP contribution in [0.3, 0.4) is 0 Å². The van der Waals surface area contributed by atoms with Crippen LogP contribution in [0.1, 0.15) is 38.8 Å². The van der Waals surface area contributed by atoms with Crippen LogP contribution in [0, 0.1) is 11.8 Å². The molecule has 0 aliphatic rings. The molecule has 106 valence electrons. The molecule has 0 spiro atoms. The Hall–Kier alpha value is -1.56. The maximum Gasteiger partial charge on any atom is -0.0152 e.